The van der Waals surface area contributed by atoms with E-state index in [0.29, 0.717) is 44.8 Å². The van der Waals surface area contributed by atoms with Crippen molar-refractivity contribution < 1.29 is 13.9 Å². The first-order valence-electron chi connectivity index (χ1n) is 12.9. The van der Waals surface area contributed by atoms with Gasteiger partial charge in [-0.1, -0.05) is 24.3 Å². The number of hydrogen-bond acceptors (Lipinski definition) is 8. The fourth-order valence-corrected chi connectivity index (χ4v) is 4.51. The summed E-state index contributed by atoms with van der Waals surface area (Å²) in [6, 6.07) is 19.0. The second-order valence-electron chi connectivity index (χ2n) is 10.6. The Balaban J connectivity index is 1.79. The molecule has 0 radical (unpaired) electrons. The van der Waals surface area contributed by atoms with Crippen molar-refractivity contribution in [2.45, 2.75) is 46.3 Å². The molecule has 0 saturated carbocycles. The van der Waals surface area contributed by atoms with Gasteiger partial charge in [-0.2, -0.15) is 5.26 Å². The van der Waals surface area contributed by atoms with Crippen LogP contribution in [0.5, 0.6) is 0 Å². The van der Waals surface area contributed by atoms with Gasteiger partial charge in [-0.25, -0.2) is 4.79 Å². The molecule has 4 aromatic rings. The molecule has 0 aliphatic heterocycles. The van der Waals surface area contributed by atoms with E-state index in [1.54, 1.807) is 43.4 Å². The van der Waals surface area contributed by atoms with Gasteiger partial charge in [0, 0.05) is 41.2 Å². The summed E-state index contributed by atoms with van der Waals surface area (Å²) in [5.74, 6) is -0.0746. The Kier molecular flexibility index (Phi) is 7.78. The highest BCUT2D eigenvalue weighted by Crippen LogP contribution is 2.33. The van der Waals surface area contributed by atoms with Crippen molar-refractivity contribution in [1.82, 2.24) is 0 Å². The zero-order valence-electron chi connectivity index (χ0n) is 23.4. The lowest BCUT2D eigenvalue weighted by molar-refractivity contribution is 0.00706. The molecule has 0 aliphatic carbocycles. The summed E-state index contributed by atoms with van der Waals surface area (Å²) in [7, 11) is 1.70. The van der Waals surface area contributed by atoms with Gasteiger partial charge < -0.3 is 19.8 Å². The van der Waals surface area contributed by atoms with Crippen LogP contribution in [-0.4, -0.2) is 24.3 Å². The van der Waals surface area contributed by atoms with Crippen molar-refractivity contribution in [1.29, 1.82) is 10.7 Å². The molecule has 0 bridgehead atoms. The summed E-state index contributed by atoms with van der Waals surface area (Å²) < 4.78 is 12.0. The van der Waals surface area contributed by atoms with Crippen molar-refractivity contribution in [3.05, 3.63) is 93.1 Å². The number of hydrogen-bond donors (Lipinski definition) is 3. The number of rotatable bonds is 7. The van der Waals surface area contributed by atoms with Crippen LogP contribution >= 0.6 is 0 Å². The van der Waals surface area contributed by atoms with Crippen LogP contribution in [0.1, 0.15) is 60.8 Å². The van der Waals surface area contributed by atoms with Gasteiger partial charge in [-0.05, 0) is 70.5 Å². The number of aryl methyl sites for hydroxylation is 1. The van der Waals surface area contributed by atoms with E-state index in [9.17, 15) is 9.59 Å². The Morgan fingerprint density at radius 1 is 1.05 bits per heavy atom. The van der Waals surface area contributed by atoms with E-state index in [0.717, 1.165) is 11.1 Å². The molecule has 1 unspecified atom stereocenters. The Morgan fingerprint density at radius 2 is 1.77 bits per heavy atom. The largest absolute Gasteiger partial charge is 0.456 e. The zero-order valence-corrected chi connectivity index (χ0v) is 23.4. The van der Waals surface area contributed by atoms with E-state index >= 15 is 0 Å². The summed E-state index contributed by atoms with van der Waals surface area (Å²) in [5.41, 5.74) is 3.75. The third-order valence-corrected chi connectivity index (χ3v) is 6.34. The van der Waals surface area contributed by atoms with Crippen LogP contribution in [0.4, 0.5) is 11.4 Å². The monoisotopic (exact) mass is 536 g/mol. The maximum absolute atomic E-state index is 13.3. The molecule has 3 aromatic carbocycles. The van der Waals surface area contributed by atoms with E-state index < -0.39 is 11.6 Å². The topological polar surface area (TPSA) is 128 Å². The lowest BCUT2D eigenvalue weighted by Gasteiger charge is -2.23. The van der Waals surface area contributed by atoms with Crippen molar-refractivity contribution >= 4 is 34.0 Å². The molecule has 0 amide bonds. The maximum Gasteiger partial charge on any atom is 0.340 e. The number of anilines is 2. The Morgan fingerprint density at radius 3 is 2.45 bits per heavy atom. The Hall–Kier alpha value is -4.90. The molecular weight excluding hydrogens is 504 g/mol. The smallest absolute Gasteiger partial charge is 0.340 e. The minimum absolute atomic E-state index is 0.166. The van der Waals surface area contributed by atoms with Crippen molar-refractivity contribution in [2.75, 3.05) is 17.7 Å². The molecule has 204 valence electrons. The molecule has 0 spiro atoms. The lowest BCUT2D eigenvalue weighted by Crippen LogP contribution is -2.24. The first-order valence-corrected chi connectivity index (χ1v) is 12.9. The molecule has 1 heterocycles. The molecule has 4 rings (SSSR count). The minimum atomic E-state index is -0.636. The zero-order chi connectivity index (χ0) is 29.2. The van der Waals surface area contributed by atoms with Crippen LogP contribution in [0.3, 0.4) is 0 Å². The predicted molar refractivity (Wildman–Crippen MR) is 158 cm³/mol. The minimum Gasteiger partial charge on any atom is -0.456 e. The molecule has 8 nitrogen and oxygen atoms in total. The lowest BCUT2D eigenvalue weighted by atomic mass is 9.99. The molecule has 3 N–H and O–H groups in total. The van der Waals surface area contributed by atoms with E-state index in [2.05, 4.69) is 10.6 Å². The number of esters is 1. The van der Waals surface area contributed by atoms with Gasteiger partial charge in [0.1, 0.15) is 28.7 Å². The third kappa shape index (κ3) is 5.89. The van der Waals surface area contributed by atoms with Gasteiger partial charge >= 0.3 is 5.97 Å². The number of ether oxygens (including phenoxy) is 1. The quantitative estimate of drug-likeness (QED) is 0.174. The van der Waals surface area contributed by atoms with E-state index in [4.69, 9.17) is 19.8 Å². The third-order valence-electron chi connectivity index (χ3n) is 6.34. The highest BCUT2D eigenvalue weighted by atomic mass is 16.6. The molecule has 0 fully saturated rings. The van der Waals surface area contributed by atoms with Crippen LogP contribution in [0, 0.1) is 23.7 Å². The second-order valence-corrected chi connectivity index (χ2v) is 10.6. The number of fused-ring (bicyclic) bond motifs is 1. The van der Waals surface area contributed by atoms with E-state index in [-0.39, 0.29) is 17.2 Å². The Bertz CT molecular complexity index is 1720. The summed E-state index contributed by atoms with van der Waals surface area (Å²) in [5, 5.41) is 23.9. The van der Waals surface area contributed by atoms with Crippen LogP contribution in [0.15, 0.2) is 69.9 Å². The average molecular weight is 537 g/mol. The molecule has 1 aromatic heterocycles. The number of nitrogens with one attached hydrogen (secondary N) is 3. The first-order chi connectivity index (χ1) is 18.9. The first kappa shape index (κ1) is 28.1. The van der Waals surface area contributed by atoms with Crippen LogP contribution < -0.4 is 16.1 Å². The fraction of sp³-hybridized carbons (Fsp3) is 0.250. The van der Waals surface area contributed by atoms with Crippen LogP contribution in [0.2, 0.25) is 0 Å². The van der Waals surface area contributed by atoms with E-state index in [1.807, 2.05) is 58.9 Å². The van der Waals surface area contributed by atoms with Crippen molar-refractivity contribution in [3.8, 4) is 17.4 Å². The van der Waals surface area contributed by atoms with Crippen molar-refractivity contribution in [2.24, 2.45) is 0 Å². The van der Waals surface area contributed by atoms with Gasteiger partial charge in [0.15, 0.2) is 5.43 Å². The molecule has 0 saturated heterocycles. The van der Waals surface area contributed by atoms with Gasteiger partial charge in [0.05, 0.1) is 17.0 Å². The molecular formula is C32H32N4O4. The average Bonchev–Trinajstić information content (AvgIpc) is 2.91. The number of nitriles is 1. The summed E-state index contributed by atoms with van der Waals surface area (Å²) in [6.07, 6.45) is 0. The normalized spacial score (nSPS) is 11.9. The summed E-state index contributed by atoms with van der Waals surface area (Å²) in [4.78, 5) is 26.2. The number of para-hydroxylation sites is 1. The number of nitrogens with zero attached hydrogens (tertiary/aromatic N) is 1. The maximum atomic E-state index is 13.3. The summed E-state index contributed by atoms with van der Waals surface area (Å²) in [6.45, 7) is 9.32. The molecule has 40 heavy (non-hydrogen) atoms. The Labute approximate surface area is 233 Å². The fourth-order valence-electron chi connectivity index (χ4n) is 4.51. The van der Waals surface area contributed by atoms with E-state index in [1.165, 1.54) is 6.07 Å². The van der Waals surface area contributed by atoms with Crippen LogP contribution in [-0.2, 0) is 4.74 Å². The van der Waals surface area contributed by atoms with Gasteiger partial charge in [0.2, 0.25) is 0 Å². The number of carbonyl (C=O) groups is 1. The second kappa shape index (κ2) is 11.1. The van der Waals surface area contributed by atoms with Gasteiger partial charge in [-0.15, -0.1) is 0 Å². The number of carbonyl (C=O) groups excluding carboxylic acids is 1. The van der Waals surface area contributed by atoms with Crippen molar-refractivity contribution in [3.63, 3.8) is 0 Å². The number of benzene rings is 3. The standard InChI is InChI=1S/C32H32N4O4/c1-18-13-23(19(2)36-26-10-8-7-9-22(26)31(38)40-32(3,4)5)30-24(14-18)28(37)16-29(39-30)20-11-12-21(25(34)17-33)27(15-20)35-6/h7-16,19,34-36H,1-6H3. The van der Waals surface area contributed by atoms with Crippen LogP contribution in [0.25, 0.3) is 22.3 Å². The summed E-state index contributed by atoms with van der Waals surface area (Å²) >= 11 is 0. The van der Waals surface area contributed by atoms with Gasteiger partial charge in [-0.3, -0.25) is 10.2 Å². The highest BCUT2D eigenvalue weighted by Gasteiger charge is 2.22. The van der Waals surface area contributed by atoms with Gasteiger partial charge in [0.25, 0.3) is 0 Å². The SMILES string of the molecule is CNc1cc(-c2cc(=O)c3cc(C)cc(C(C)Nc4ccccc4C(=O)OC(C)(C)C)c3o2)ccc1C(=N)C#N. The molecule has 1 atom stereocenters. The molecule has 8 heteroatoms. The molecule has 0 aliphatic rings. The highest BCUT2D eigenvalue weighted by molar-refractivity contribution is 6.13. The predicted octanol–water partition coefficient (Wildman–Crippen LogP) is 6.83.